The van der Waals surface area contributed by atoms with Gasteiger partial charge >= 0.3 is 0 Å². The van der Waals surface area contributed by atoms with Crippen LogP contribution in [0.4, 0.5) is 0 Å². The topological polar surface area (TPSA) is 47.3 Å². The highest BCUT2D eigenvalue weighted by atomic mass is 16.5. The van der Waals surface area contributed by atoms with Crippen molar-refractivity contribution in [2.45, 2.75) is 45.2 Å². The summed E-state index contributed by atoms with van der Waals surface area (Å²) in [6.45, 7) is 5.30. The van der Waals surface area contributed by atoms with Gasteiger partial charge in [0.15, 0.2) is 0 Å². The van der Waals surface area contributed by atoms with Gasteiger partial charge in [0.2, 0.25) is 0 Å². The van der Waals surface area contributed by atoms with E-state index in [1.54, 1.807) is 7.11 Å². The molecule has 0 amide bonds. The van der Waals surface area contributed by atoms with Gasteiger partial charge in [0.1, 0.15) is 5.75 Å². The second-order valence-electron chi connectivity index (χ2n) is 5.32. The average molecular weight is 248 g/mol. The lowest BCUT2D eigenvalue weighted by Gasteiger charge is -2.19. The molecule has 0 bridgehead atoms. The zero-order valence-electron chi connectivity index (χ0n) is 11.6. The van der Waals surface area contributed by atoms with E-state index >= 15 is 0 Å². The number of benzene rings is 1. The van der Waals surface area contributed by atoms with Crippen LogP contribution < -0.4 is 15.8 Å². The first kappa shape index (κ1) is 13.4. The van der Waals surface area contributed by atoms with Gasteiger partial charge in [-0.2, -0.15) is 0 Å². The van der Waals surface area contributed by atoms with Gasteiger partial charge in [0.25, 0.3) is 0 Å². The number of methoxy groups -OCH3 is 1. The highest BCUT2D eigenvalue weighted by molar-refractivity contribution is 5.44. The van der Waals surface area contributed by atoms with E-state index in [-0.39, 0.29) is 6.04 Å². The molecule has 0 radical (unpaired) electrons. The summed E-state index contributed by atoms with van der Waals surface area (Å²) in [6, 6.07) is 5.02. The molecular weight excluding hydrogens is 224 g/mol. The Morgan fingerprint density at radius 1 is 1.39 bits per heavy atom. The fraction of sp³-hybridized carbons (Fsp3) is 0.600. The summed E-state index contributed by atoms with van der Waals surface area (Å²) in [5.74, 6) is 0.977. The summed E-state index contributed by atoms with van der Waals surface area (Å²) in [5.41, 5.74) is 9.88. The maximum Gasteiger partial charge on any atom is 0.124 e. The molecule has 1 heterocycles. The van der Waals surface area contributed by atoms with Crippen LogP contribution in [0.15, 0.2) is 12.1 Å². The minimum Gasteiger partial charge on any atom is -0.496 e. The molecular formula is C15H24N2O. The first-order chi connectivity index (χ1) is 8.61. The summed E-state index contributed by atoms with van der Waals surface area (Å²) < 4.78 is 5.39. The molecule has 3 nitrogen and oxygen atoms in total. The number of hydrogen-bond acceptors (Lipinski definition) is 3. The minimum absolute atomic E-state index is 0.115. The van der Waals surface area contributed by atoms with Crippen molar-refractivity contribution in [1.82, 2.24) is 5.32 Å². The monoisotopic (exact) mass is 248 g/mol. The molecule has 0 aliphatic carbocycles. The maximum absolute atomic E-state index is 6.32. The molecule has 2 unspecified atom stereocenters. The smallest absolute Gasteiger partial charge is 0.124 e. The van der Waals surface area contributed by atoms with Crippen molar-refractivity contribution >= 4 is 0 Å². The number of ether oxygens (including phenoxy) is 1. The Hall–Kier alpha value is -1.06. The first-order valence-electron chi connectivity index (χ1n) is 6.76. The van der Waals surface area contributed by atoms with E-state index in [2.05, 4.69) is 31.3 Å². The molecule has 100 valence electrons. The van der Waals surface area contributed by atoms with Gasteiger partial charge in [0, 0.05) is 12.1 Å². The third-order valence-corrected chi connectivity index (χ3v) is 3.82. The van der Waals surface area contributed by atoms with Crippen molar-refractivity contribution < 1.29 is 4.74 Å². The number of nitrogens with two attached hydrogens (primary N) is 1. The van der Waals surface area contributed by atoms with Gasteiger partial charge in [-0.1, -0.05) is 12.1 Å². The van der Waals surface area contributed by atoms with E-state index in [1.165, 1.54) is 29.5 Å². The van der Waals surface area contributed by atoms with Crippen LogP contribution >= 0.6 is 0 Å². The second kappa shape index (κ2) is 5.72. The Bertz CT molecular complexity index is 388. The van der Waals surface area contributed by atoms with Crippen molar-refractivity contribution in [3.05, 3.63) is 28.8 Å². The van der Waals surface area contributed by atoms with Gasteiger partial charge in [-0.3, -0.25) is 0 Å². The van der Waals surface area contributed by atoms with E-state index < -0.39 is 0 Å². The Balaban J connectivity index is 2.12. The molecule has 1 aliphatic rings. The third kappa shape index (κ3) is 2.85. The fourth-order valence-electron chi connectivity index (χ4n) is 2.92. The fourth-order valence-corrected chi connectivity index (χ4v) is 2.92. The van der Waals surface area contributed by atoms with Crippen molar-refractivity contribution in [2.24, 2.45) is 5.73 Å². The van der Waals surface area contributed by atoms with E-state index in [1.807, 2.05) is 0 Å². The summed E-state index contributed by atoms with van der Waals surface area (Å²) in [5, 5.41) is 3.50. The van der Waals surface area contributed by atoms with Crippen molar-refractivity contribution in [1.29, 1.82) is 0 Å². The van der Waals surface area contributed by atoms with Crippen molar-refractivity contribution in [3.63, 3.8) is 0 Å². The zero-order valence-corrected chi connectivity index (χ0v) is 11.6. The molecule has 1 aromatic rings. The number of rotatable bonds is 4. The predicted molar refractivity (Wildman–Crippen MR) is 75.0 cm³/mol. The molecule has 0 aromatic heterocycles. The largest absolute Gasteiger partial charge is 0.496 e. The third-order valence-electron chi connectivity index (χ3n) is 3.82. The molecule has 1 aliphatic heterocycles. The molecule has 1 fully saturated rings. The van der Waals surface area contributed by atoms with Gasteiger partial charge in [-0.25, -0.2) is 0 Å². The van der Waals surface area contributed by atoms with Gasteiger partial charge < -0.3 is 15.8 Å². The lowest BCUT2D eigenvalue weighted by molar-refractivity contribution is 0.408. The van der Waals surface area contributed by atoms with E-state index in [9.17, 15) is 0 Å². The van der Waals surface area contributed by atoms with Gasteiger partial charge in [0.05, 0.1) is 7.11 Å². The number of nitrogens with one attached hydrogen (secondary N) is 1. The van der Waals surface area contributed by atoms with Crippen LogP contribution in [0.3, 0.4) is 0 Å². The zero-order chi connectivity index (χ0) is 13.1. The minimum atomic E-state index is 0.115. The van der Waals surface area contributed by atoms with Crippen molar-refractivity contribution in [2.75, 3.05) is 13.7 Å². The molecule has 2 atom stereocenters. The Morgan fingerprint density at radius 3 is 2.56 bits per heavy atom. The quantitative estimate of drug-likeness (QED) is 0.860. The van der Waals surface area contributed by atoms with Crippen LogP contribution in [0.2, 0.25) is 0 Å². The summed E-state index contributed by atoms with van der Waals surface area (Å²) in [4.78, 5) is 0. The molecule has 0 saturated carbocycles. The number of hydrogen-bond donors (Lipinski definition) is 2. The van der Waals surface area contributed by atoms with E-state index in [4.69, 9.17) is 10.5 Å². The highest BCUT2D eigenvalue weighted by Crippen LogP contribution is 2.28. The van der Waals surface area contributed by atoms with E-state index in [0.29, 0.717) is 6.04 Å². The molecule has 0 spiro atoms. The average Bonchev–Trinajstić information content (AvgIpc) is 2.81. The van der Waals surface area contributed by atoms with Gasteiger partial charge in [-0.15, -0.1) is 0 Å². The van der Waals surface area contributed by atoms with E-state index in [0.717, 1.165) is 18.7 Å². The summed E-state index contributed by atoms with van der Waals surface area (Å²) >= 11 is 0. The number of aryl methyl sites for hydroxylation is 2. The maximum atomic E-state index is 6.32. The molecule has 3 heteroatoms. The SMILES string of the molecule is COc1c(C)cc(C(N)CC2CCCN2)cc1C. The standard InChI is InChI=1S/C15H24N2O/c1-10-7-12(8-11(2)15(10)18-3)14(16)9-13-5-4-6-17-13/h7-8,13-14,17H,4-6,9,16H2,1-3H3. The lowest BCUT2D eigenvalue weighted by atomic mass is 9.95. The molecule has 1 aromatic carbocycles. The predicted octanol–water partition coefficient (Wildman–Crippen LogP) is 2.45. The van der Waals surface area contributed by atoms with Crippen LogP contribution in [0, 0.1) is 13.8 Å². The summed E-state index contributed by atoms with van der Waals surface area (Å²) in [7, 11) is 1.72. The summed E-state index contributed by atoms with van der Waals surface area (Å²) in [6.07, 6.45) is 3.55. The van der Waals surface area contributed by atoms with Crippen LogP contribution in [0.5, 0.6) is 5.75 Å². The highest BCUT2D eigenvalue weighted by Gasteiger charge is 2.19. The molecule has 1 saturated heterocycles. The van der Waals surface area contributed by atoms with Crippen LogP contribution in [-0.4, -0.2) is 19.7 Å². The van der Waals surface area contributed by atoms with Crippen LogP contribution in [0.25, 0.3) is 0 Å². The van der Waals surface area contributed by atoms with Crippen LogP contribution in [0.1, 0.15) is 42.0 Å². The Morgan fingerprint density at radius 2 is 2.06 bits per heavy atom. The normalized spacial score (nSPS) is 21.0. The Labute approximate surface area is 110 Å². The molecule has 3 N–H and O–H groups in total. The Kier molecular flexibility index (Phi) is 4.25. The second-order valence-corrected chi connectivity index (χ2v) is 5.32. The lowest BCUT2D eigenvalue weighted by Crippen LogP contribution is -2.26. The van der Waals surface area contributed by atoms with Crippen molar-refractivity contribution in [3.8, 4) is 5.75 Å². The molecule has 2 rings (SSSR count). The molecule has 18 heavy (non-hydrogen) atoms. The van der Waals surface area contributed by atoms with Gasteiger partial charge in [-0.05, 0) is 56.3 Å². The van der Waals surface area contributed by atoms with Crippen LogP contribution in [-0.2, 0) is 0 Å². The first-order valence-corrected chi connectivity index (χ1v) is 6.76.